The van der Waals surface area contributed by atoms with Crippen LogP contribution in [0.1, 0.15) is 66.8 Å². The SMILES string of the molecule is Cc1noc(C)c1C(=O)N1CCC(C(=O)N2CCC3(CCCCO3)CC2)CC1. The van der Waals surface area contributed by atoms with Gasteiger partial charge in [0.2, 0.25) is 5.91 Å². The van der Waals surface area contributed by atoms with Gasteiger partial charge in [-0.15, -0.1) is 0 Å². The highest BCUT2D eigenvalue weighted by Crippen LogP contribution is 2.35. The van der Waals surface area contributed by atoms with Crippen molar-refractivity contribution in [1.82, 2.24) is 15.0 Å². The molecule has 2 amide bonds. The average molecular weight is 389 g/mol. The van der Waals surface area contributed by atoms with Gasteiger partial charge in [0.25, 0.3) is 5.91 Å². The van der Waals surface area contributed by atoms with Crippen molar-refractivity contribution in [2.75, 3.05) is 32.8 Å². The van der Waals surface area contributed by atoms with Gasteiger partial charge in [-0.3, -0.25) is 9.59 Å². The van der Waals surface area contributed by atoms with Crippen molar-refractivity contribution in [1.29, 1.82) is 0 Å². The fourth-order valence-electron chi connectivity index (χ4n) is 4.97. The second kappa shape index (κ2) is 7.85. The molecule has 0 aromatic carbocycles. The van der Waals surface area contributed by atoms with Crippen LogP contribution in [0, 0.1) is 19.8 Å². The Morgan fingerprint density at radius 3 is 2.29 bits per heavy atom. The van der Waals surface area contributed by atoms with Crippen molar-refractivity contribution in [2.24, 2.45) is 5.92 Å². The van der Waals surface area contributed by atoms with Crippen molar-refractivity contribution in [3.63, 3.8) is 0 Å². The molecule has 3 fully saturated rings. The van der Waals surface area contributed by atoms with Crippen LogP contribution in [0.5, 0.6) is 0 Å². The molecule has 0 bridgehead atoms. The van der Waals surface area contributed by atoms with E-state index in [-0.39, 0.29) is 23.3 Å². The molecule has 1 spiro atoms. The van der Waals surface area contributed by atoms with E-state index in [4.69, 9.17) is 9.26 Å². The molecule has 4 rings (SSSR count). The maximum atomic E-state index is 13.0. The molecule has 7 heteroatoms. The molecular formula is C21H31N3O4. The molecule has 0 radical (unpaired) electrons. The van der Waals surface area contributed by atoms with E-state index >= 15 is 0 Å². The zero-order valence-electron chi connectivity index (χ0n) is 17.0. The number of nitrogens with zero attached hydrogens (tertiary/aromatic N) is 3. The van der Waals surface area contributed by atoms with E-state index in [1.807, 2.05) is 9.80 Å². The molecule has 3 saturated heterocycles. The highest BCUT2D eigenvalue weighted by atomic mass is 16.5. The molecule has 1 aromatic heterocycles. The van der Waals surface area contributed by atoms with E-state index < -0.39 is 0 Å². The second-order valence-corrected chi connectivity index (χ2v) is 8.58. The summed E-state index contributed by atoms with van der Waals surface area (Å²) in [5.74, 6) is 0.814. The number of piperidine rings is 2. The molecule has 0 atom stereocenters. The predicted molar refractivity (Wildman–Crippen MR) is 103 cm³/mol. The maximum absolute atomic E-state index is 13.0. The fourth-order valence-corrected chi connectivity index (χ4v) is 4.97. The van der Waals surface area contributed by atoms with Crippen molar-refractivity contribution in [2.45, 2.75) is 64.4 Å². The minimum Gasteiger partial charge on any atom is -0.375 e. The standard InChI is InChI=1S/C21H31N3O4/c1-15-18(16(2)28-22-15)20(26)23-10-5-17(6-11-23)19(25)24-12-8-21(9-13-24)7-3-4-14-27-21/h17H,3-14H2,1-2H3. The normalized spacial score (nSPS) is 23.2. The van der Waals surface area contributed by atoms with Gasteiger partial charge < -0.3 is 19.1 Å². The predicted octanol–water partition coefficient (Wildman–Crippen LogP) is 2.71. The van der Waals surface area contributed by atoms with E-state index in [1.165, 1.54) is 6.42 Å². The molecule has 0 N–H and O–H groups in total. The van der Waals surface area contributed by atoms with Crippen LogP contribution in [0.3, 0.4) is 0 Å². The Labute approximate surface area is 166 Å². The van der Waals surface area contributed by atoms with Gasteiger partial charge in [0.05, 0.1) is 11.3 Å². The van der Waals surface area contributed by atoms with E-state index in [1.54, 1.807) is 13.8 Å². The zero-order chi connectivity index (χ0) is 19.7. The third-order valence-electron chi connectivity index (χ3n) is 6.80. The monoisotopic (exact) mass is 389 g/mol. The van der Waals surface area contributed by atoms with Crippen LogP contribution in [-0.4, -0.2) is 65.2 Å². The van der Waals surface area contributed by atoms with Gasteiger partial charge in [-0.2, -0.15) is 0 Å². The Kier molecular flexibility index (Phi) is 5.45. The van der Waals surface area contributed by atoms with Gasteiger partial charge >= 0.3 is 0 Å². The second-order valence-electron chi connectivity index (χ2n) is 8.58. The Balaban J connectivity index is 1.29. The molecule has 3 aliphatic rings. The summed E-state index contributed by atoms with van der Waals surface area (Å²) in [6.45, 7) is 7.25. The average Bonchev–Trinajstić information content (AvgIpc) is 3.06. The smallest absolute Gasteiger partial charge is 0.259 e. The van der Waals surface area contributed by atoms with Crippen LogP contribution in [0.15, 0.2) is 4.52 Å². The molecule has 4 heterocycles. The van der Waals surface area contributed by atoms with Crippen LogP contribution in [-0.2, 0) is 9.53 Å². The van der Waals surface area contributed by atoms with Gasteiger partial charge in [-0.25, -0.2) is 0 Å². The summed E-state index contributed by atoms with van der Waals surface area (Å²) in [6, 6.07) is 0. The summed E-state index contributed by atoms with van der Waals surface area (Å²) in [4.78, 5) is 29.6. The number of carbonyl (C=O) groups excluding carboxylic acids is 2. The largest absolute Gasteiger partial charge is 0.375 e. The summed E-state index contributed by atoms with van der Waals surface area (Å²) in [5.41, 5.74) is 1.23. The van der Waals surface area contributed by atoms with Crippen molar-refractivity contribution in [3.05, 3.63) is 17.0 Å². The topological polar surface area (TPSA) is 75.9 Å². The van der Waals surface area contributed by atoms with E-state index in [2.05, 4.69) is 5.16 Å². The zero-order valence-corrected chi connectivity index (χ0v) is 17.0. The number of carbonyl (C=O) groups is 2. The highest BCUT2D eigenvalue weighted by Gasteiger charge is 2.40. The number of aryl methyl sites for hydroxylation is 2. The van der Waals surface area contributed by atoms with Gasteiger partial charge in [-0.1, -0.05) is 5.16 Å². The quantitative estimate of drug-likeness (QED) is 0.777. The number of aromatic nitrogens is 1. The third-order valence-corrected chi connectivity index (χ3v) is 6.80. The minimum absolute atomic E-state index is 0.0232. The summed E-state index contributed by atoms with van der Waals surface area (Å²) in [7, 11) is 0. The lowest BCUT2D eigenvalue weighted by molar-refractivity contribution is -0.147. The van der Waals surface area contributed by atoms with Gasteiger partial charge in [0.1, 0.15) is 11.3 Å². The molecule has 3 aliphatic heterocycles. The van der Waals surface area contributed by atoms with Crippen molar-refractivity contribution in [3.8, 4) is 0 Å². The van der Waals surface area contributed by atoms with Gasteiger partial charge in [-0.05, 0) is 58.8 Å². The number of amides is 2. The molecule has 0 saturated carbocycles. The van der Waals surface area contributed by atoms with Crippen LogP contribution in [0.25, 0.3) is 0 Å². The van der Waals surface area contributed by atoms with Crippen LogP contribution >= 0.6 is 0 Å². The number of ether oxygens (including phenoxy) is 1. The Morgan fingerprint density at radius 1 is 1.00 bits per heavy atom. The molecule has 0 aliphatic carbocycles. The molecule has 1 aromatic rings. The first kappa shape index (κ1) is 19.4. The van der Waals surface area contributed by atoms with Crippen LogP contribution < -0.4 is 0 Å². The lowest BCUT2D eigenvalue weighted by Crippen LogP contribution is -2.52. The lowest BCUT2D eigenvalue weighted by atomic mass is 9.84. The number of hydrogen-bond donors (Lipinski definition) is 0. The summed E-state index contributed by atoms with van der Waals surface area (Å²) >= 11 is 0. The number of rotatable bonds is 2. The Hall–Kier alpha value is -1.89. The Bertz CT molecular complexity index is 701. The molecule has 154 valence electrons. The summed E-state index contributed by atoms with van der Waals surface area (Å²) < 4.78 is 11.2. The maximum Gasteiger partial charge on any atom is 0.259 e. The van der Waals surface area contributed by atoms with Crippen molar-refractivity contribution >= 4 is 11.8 Å². The van der Waals surface area contributed by atoms with E-state index in [0.29, 0.717) is 30.1 Å². The summed E-state index contributed by atoms with van der Waals surface area (Å²) in [6.07, 6.45) is 6.92. The number of likely N-dealkylation sites (tertiary alicyclic amines) is 2. The molecule has 28 heavy (non-hydrogen) atoms. The van der Waals surface area contributed by atoms with Gasteiger partial charge in [0, 0.05) is 38.7 Å². The molecule has 0 unspecified atom stereocenters. The summed E-state index contributed by atoms with van der Waals surface area (Å²) in [5, 5.41) is 3.88. The van der Waals surface area contributed by atoms with E-state index in [9.17, 15) is 9.59 Å². The first-order valence-corrected chi connectivity index (χ1v) is 10.6. The molecule has 7 nitrogen and oxygen atoms in total. The Morgan fingerprint density at radius 2 is 1.71 bits per heavy atom. The van der Waals surface area contributed by atoms with Crippen molar-refractivity contribution < 1.29 is 18.8 Å². The number of hydrogen-bond acceptors (Lipinski definition) is 5. The lowest BCUT2D eigenvalue weighted by Gasteiger charge is -2.45. The minimum atomic E-state index is -0.0310. The first-order valence-electron chi connectivity index (χ1n) is 10.6. The van der Waals surface area contributed by atoms with Gasteiger partial charge in [0.15, 0.2) is 0 Å². The van der Waals surface area contributed by atoms with Crippen LogP contribution in [0.2, 0.25) is 0 Å². The highest BCUT2D eigenvalue weighted by molar-refractivity contribution is 5.96. The van der Waals surface area contributed by atoms with E-state index in [0.717, 1.165) is 58.2 Å². The van der Waals surface area contributed by atoms with Crippen LogP contribution in [0.4, 0.5) is 0 Å². The first-order chi connectivity index (χ1) is 13.5. The fraction of sp³-hybridized carbons (Fsp3) is 0.762. The molecular weight excluding hydrogens is 358 g/mol. The third kappa shape index (κ3) is 3.69.